The van der Waals surface area contributed by atoms with Gasteiger partial charge in [-0.1, -0.05) is 19.9 Å². The van der Waals surface area contributed by atoms with Crippen LogP contribution >= 0.6 is 0 Å². The highest BCUT2D eigenvalue weighted by Crippen LogP contribution is 2.15. The van der Waals surface area contributed by atoms with Crippen LogP contribution in [-0.4, -0.2) is 53.8 Å². The zero-order chi connectivity index (χ0) is 18.4. The first-order chi connectivity index (χ1) is 11.9. The van der Waals surface area contributed by atoms with E-state index in [1.54, 1.807) is 29.2 Å². The van der Waals surface area contributed by atoms with Crippen LogP contribution in [0.25, 0.3) is 0 Å². The first kappa shape index (κ1) is 18.8. The molecule has 1 fully saturated rings. The molecule has 25 heavy (non-hydrogen) atoms. The van der Waals surface area contributed by atoms with Crippen molar-refractivity contribution in [3.05, 3.63) is 29.8 Å². The molecule has 136 valence electrons. The molecule has 0 radical (unpaired) electrons. The monoisotopic (exact) mass is 346 g/mol. The SMILES string of the molecule is CC(C)CCC(=O)N1CCN(C(=O)c2cccc(NC(N)=O)c2)CC1. The Morgan fingerprint density at radius 2 is 1.76 bits per heavy atom. The van der Waals surface area contributed by atoms with Crippen LogP contribution in [0, 0.1) is 5.92 Å². The van der Waals surface area contributed by atoms with Crippen LogP contribution in [0.15, 0.2) is 24.3 Å². The number of nitrogens with one attached hydrogen (secondary N) is 1. The number of anilines is 1. The third-order valence-corrected chi connectivity index (χ3v) is 4.23. The third-order valence-electron chi connectivity index (χ3n) is 4.23. The zero-order valence-corrected chi connectivity index (χ0v) is 14.8. The van der Waals surface area contributed by atoms with Gasteiger partial charge in [-0.05, 0) is 30.5 Å². The number of hydrogen-bond donors (Lipinski definition) is 2. The Bertz CT molecular complexity index is 637. The van der Waals surface area contributed by atoms with E-state index in [1.165, 1.54) is 0 Å². The van der Waals surface area contributed by atoms with E-state index in [1.807, 2.05) is 4.90 Å². The molecule has 1 aliphatic rings. The van der Waals surface area contributed by atoms with E-state index < -0.39 is 6.03 Å². The number of nitrogens with zero attached hydrogens (tertiary/aromatic N) is 2. The predicted molar refractivity (Wildman–Crippen MR) is 96.2 cm³/mol. The van der Waals surface area contributed by atoms with E-state index in [4.69, 9.17) is 5.73 Å². The standard InChI is InChI=1S/C18H26N4O3/c1-13(2)6-7-16(23)21-8-10-22(11-9-21)17(24)14-4-3-5-15(12-14)20-18(19)25/h3-5,12-13H,6-11H2,1-2H3,(H3,19,20,25). The van der Waals surface area contributed by atoms with Gasteiger partial charge >= 0.3 is 6.03 Å². The number of amides is 4. The van der Waals surface area contributed by atoms with Crippen molar-refractivity contribution in [2.75, 3.05) is 31.5 Å². The van der Waals surface area contributed by atoms with Crippen molar-refractivity contribution in [1.82, 2.24) is 9.80 Å². The normalized spacial score (nSPS) is 14.5. The minimum absolute atomic E-state index is 0.109. The second-order valence-corrected chi connectivity index (χ2v) is 6.68. The van der Waals surface area contributed by atoms with Crippen molar-refractivity contribution in [3.8, 4) is 0 Å². The Morgan fingerprint density at radius 3 is 2.36 bits per heavy atom. The van der Waals surface area contributed by atoms with Crippen LogP contribution in [-0.2, 0) is 4.79 Å². The molecular formula is C18H26N4O3. The maximum atomic E-state index is 12.6. The van der Waals surface area contributed by atoms with Gasteiger partial charge in [0.2, 0.25) is 5.91 Å². The quantitative estimate of drug-likeness (QED) is 0.852. The van der Waals surface area contributed by atoms with Gasteiger partial charge in [-0.3, -0.25) is 9.59 Å². The number of piperazine rings is 1. The van der Waals surface area contributed by atoms with Crippen LogP contribution in [0.2, 0.25) is 0 Å². The molecule has 0 unspecified atom stereocenters. The summed E-state index contributed by atoms with van der Waals surface area (Å²) in [6, 6.07) is 6.01. The van der Waals surface area contributed by atoms with E-state index in [-0.39, 0.29) is 11.8 Å². The summed E-state index contributed by atoms with van der Waals surface area (Å²) >= 11 is 0. The molecule has 2 rings (SSSR count). The number of carbonyl (C=O) groups excluding carboxylic acids is 3. The second-order valence-electron chi connectivity index (χ2n) is 6.68. The average Bonchev–Trinajstić information content (AvgIpc) is 2.59. The van der Waals surface area contributed by atoms with Crippen molar-refractivity contribution in [2.24, 2.45) is 11.7 Å². The molecule has 7 nitrogen and oxygen atoms in total. The summed E-state index contributed by atoms with van der Waals surface area (Å²) in [6.07, 6.45) is 1.45. The highest BCUT2D eigenvalue weighted by Gasteiger charge is 2.24. The van der Waals surface area contributed by atoms with Crippen molar-refractivity contribution in [2.45, 2.75) is 26.7 Å². The fourth-order valence-electron chi connectivity index (χ4n) is 2.78. The van der Waals surface area contributed by atoms with Crippen molar-refractivity contribution in [3.63, 3.8) is 0 Å². The van der Waals surface area contributed by atoms with Gasteiger partial charge in [0.1, 0.15) is 0 Å². The summed E-state index contributed by atoms with van der Waals surface area (Å²) < 4.78 is 0. The Morgan fingerprint density at radius 1 is 1.12 bits per heavy atom. The summed E-state index contributed by atoms with van der Waals surface area (Å²) in [4.78, 5) is 39.3. The molecule has 1 aliphatic heterocycles. The van der Waals surface area contributed by atoms with Gasteiger partial charge in [0, 0.05) is 43.9 Å². The molecule has 1 aromatic carbocycles. The topological polar surface area (TPSA) is 95.7 Å². The van der Waals surface area contributed by atoms with E-state index in [0.29, 0.717) is 49.8 Å². The fourth-order valence-corrected chi connectivity index (χ4v) is 2.78. The Labute approximate surface area is 148 Å². The number of carbonyl (C=O) groups is 3. The van der Waals surface area contributed by atoms with Crippen LogP contribution in [0.4, 0.5) is 10.5 Å². The highest BCUT2D eigenvalue weighted by molar-refractivity contribution is 5.96. The Kier molecular flexibility index (Phi) is 6.38. The van der Waals surface area contributed by atoms with Gasteiger partial charge in [0.25, 0.3) is 5.91 Å². The smallest absolute Gasteiger partial charge is 0.316 e. The van der Waals surface area contributed by atoms with Gasteiger partial charge in [-0.15, -0.1) is 0 Å². The molecule has 0 saturated carbocycles. The van der Waals surface area contributed by atoms with Gasteiger partial charge < -0.3 is 20.9 Å². The van der Waals surface area contributed by atoms with Gasteiger partial charge in [-0.2, -0.15) is 0 Å². The first-order valence-corrected chi connectivity index (χ1v) is 8.60. The molecule has 3 N–H and O–H groups in total. The van der Waals surface area contributed by atoms with Crippen molar-refractivity contribution < 1.29 is 14.4 Å². The molecule has 4 amide bonds. The van der Waals surface area contributed by atoms with E-state index >= 15 is 0 Å². The summed E-state index contributed by atoms with van der Waals surface area (Å²) in [6.45, 7) is 6.35. The lowest BCUT2D eigenvalue weighted by Gasteiger charge is -2.35. The highest BCUT2D eigenvalue weighted by atomic mass is 16.2. The number of urea groups is 1. The zero-order valence-electron chi connectivity index (χ0n) is 14.8. The summed E-state index contributed by atoms with van der Waals surface area (Å²) in [5, 5.41) is 2.46. The lowest BCUT2D eigenvalue weighted by Crippen LogP contribution is -2.50. The maximum Gasteiger partial charge on any atom is 0.316 e. The number of nitrogens with two attached hydrogens (primary N) is 1. The average molecular weight is 346 g/mol. The third kappa shape index (κ3) is 5.48. The Hall–Kier alpha value is -2.57. The molecule has 0 spiro atoms. The van der Waals surface area contributed by atoms with Gasteiger partial charge in [-0.25, -0.2) is 4.79 Å². The maximum absolute atomic E-state index is 12.6. The van der Waals surface area contributed by atoms with Gasteiger partial charge in [0.05, 0.1) is 0 Å². The minimum atomic E-state index is -0.668. The molecule has 0 bridgehead atoms. The minimum Gasteiger partial charge on any atom is -0.351 e. The lowest BCUT2D eigenvalue weighted by molar-refractivity contribution is -0.132. The van der Waals surface area contributed by atoms with Crippen LogP contribution in [0.5, 0.6) is 0 Å². The molecule has 1 saturated heterocycles. The molecule has 0 aliphatic carbocycles. The van der Waals surface area contributed by atoms with Gasteiger partial charge in [0.15, 0.2) is 0 Å². The molecule has 7 heteroatoms. The van der Waals surface area contributed by atoms with Crippen molar-refractivity contribution in [1.29, 1.82) is 0 Å². The molecular weight excluding hydrogens is 320 g/mol. The molecule has 0 atom stereocenters. The van der Waals surface area contributed by atoms with Crippen molar-refractivity contribution >= 4 is 23.5 Å². The fraction of sp³-hybridized carbons (Fsp3) is 0.500. The van der Waals surface area contributed by atoms with E-state index in [2.05, 4.69) is 19.2 Å². The molecule has 0 aromatic heterocycles. The van der Waals surface area contributed by atoms with E-state index in [0.717, 1.165) is 6.42 Å². The number of hydrogen-bond acceptors (Lipinski definition) is 3. The van der Waals surface area contributed by atoms with E-state index in [9.17, 15) is 14.4 Å². The van der Waals surface area contributed by atoms with Crippen LogP contribution in [0.3, 0.4) is 0 Å². The largest absolute Gasteiger partial charge is 0.351 e. The molecule has 1 aromatic rings. The number of rotatable bonds is 5. The summed E-state index contributed by atoms with van der Waals surface area (Å²) in [7, 11) is 0. The predicted octanol–water partition coefficient (Wildman–Crippen LogP) is 1.90. The first-order valence-electron chi connectivity index (χ1n) is 8.60. The molecule has 1 heterocycles. The lowest BCUT2D eigenvalue weighted by atomic mass is 10.1. The van der Waals surface area contributed by atoms with Crippen LogP contribution < -0.4 is 11.1 Å². The summed E-state index contributed by atoms with van der Waals surface area (Å²) in [5.74, 6) is 0.559. The van der Waals surface area contributed by atoms with Crippen LogP contribution in [0.1, 0.15) is 37.0 Å². The second kappa shape index (κ2) is 8.50. The number of primary amides is 1. The summed E-state index contributed by atoms with van der Waals surface area (Å²) in [5.41, 5.74) is 6.08. The number of benzene rings is 1. The Balaban J connectivity index is 1.91.